The van der Waals surface area contributed by atoms with Gasteiger partial charge in [-0.3, -0.25) is 0 Å². The molecule has 116 valence electrons. The molecule has 2 N–H and O–H groups in total. The van der Waals surface area contributed by atoms with Crippen molar-refractivity contribution in [3.8, 4) is 0 Å². The SMILES string of the molecule is C=CC1=C(/C=C\C)CCC(C(C)CCN)=C1c1ccccc1. The quantitative estimate of drug-likeness (QED) is 0.759. The van der Waals surface area contributed by atoms with Crippen molar-refractivity contribution >= 4 is 5.57 Å². The second-order valence-corrected chi connectivity index (χ2v) is 5.89. The fraction of sp³-hybridized carbons (Fsp3) is 0.333. The minimum absolute atomic E-state index is 0.516. The van der Waals surface area contributed by atoms with E-state index in [2.05, 4.69) is 62.9 Å². The van der Waals surface area contributed by atoms with E-state index in [0.29, 0.717) is 5.92 Å². The molecule has 0 aliphatic heterocycles. The molecule has 0 radical (unpaired) electrons. The third-order valence-corrected chi connectivity index (χ3v) is 4.43. The summed E-state index contributed by atoms with van der Waals surface area (Å²) in [5, 5.41) is 0. The van der Waals surface area contributed by atoms with Gasteiger partial charge in [0.2, 0.25) is 0 Å². The zero-order valence-corrected chi connectivity index (χ0v) is 13.8. The van der Waals surface area contributed by atoms with E-state index in [1.807, 2.05) is 6.08 Å². The van der Waals surface area contributed by atoms with Gasteiger partial charge in [-0.2, -0.15) is 0 Å². The summed E-state index contributed by atoms with van der Waals surface area (Å²) in [5.74, 6) is 0.516. The van der Waals surface area contributed by atoms with Crippen LogP contribution < -0.4 is 5.73 Å². The van der Waals surface area contributed by atoms with Crippen LogP contribution in [0.4, 0.5) is 0 Å². The van der Waals surface area contributed by atoms with Crippen LogP contribution in [-0.2, 0) is 0 Å². The largest absolute Gasteiger partial charge is 0.330 e. The average Bonchev–Trinajstić information content (AvgIpc) is 2.55. The Kier molecular flexibility index (Phi) is 5.97. The third-order valence-electron chi connectivity index (χ3n) is 4.43. The van der Waals surface area contributed by atoms with Gasteiger partial charge in [-0.05, 0) is 60.9 Å². The molecule has 0 spiro atoms. The summed E-state index contributed by atoms with van der Waals surface area (Å²) in [6, 6.07) is 10.7. The van der Waals surface area contributed by atoms with Crippen LogP contribution >= 0.6 is 0 Å². The number of rotatable bonds is 6. The molecular formula is C21H27N. The number of allylic oxidation sites excluding steroid dienone is 7. The van der Waals surface area contributed by atoms with E-state index in [-0.39, 0.29) is 0 Å². The summed E-state index contributed by atoms with van der Waals surface area (Å²) in [5.41, 5.74) is 12.7. The van der Waals surface area contributed by atoms with E-state index in [0.717, 1.165) is 25.8 Å². The summed E-state index contributed by atoms with van der Waals surface area (Å²) in [4.78, 5) is 0. The van der Waals surface area contributed by atoms with Crippen LogP contribution in [0.2, 0.25) is 0 Å². The molecule has 1 aromatic rings. The summed E-state index contributed by atoms with van der Waals surface area (Å²) >= 11 is 0. The van der Waals surface area contributed by atoms with Crippen LogP contribution in [0, 0.1) is 5.92 Å². The first-order chi connectivity index (χ1) is 10.7. The van der Waals surface area contributed by atoms with Gasteiger partial charge < -0.3 is 5.73 Å². The second-order valence-electron chi connectivity index (χ2n) is 5.89. The van der Waals surface area contributed by atoms with Gasteiger partial charge >= 0.3 is 0 Å². The van der Waals surface area contributed by atoms with Gasteiger partial charge in [0.1, 0.15) is 0 Å². The maximum Gasteiger partial charge on any atom is -0.00717 e. The molecule has 0 aromatic heterocycles. The van der Waals surface area contributed by atoms with Crippen molar-refractivity contribution < 1.29 is 0 Å². The van der Waals surface area contributed by atoms with E-state index in [4.69, 9.17) is 5.73 Å². The molecule has 1 aliphatic carbocycles. The Balaban J connectivity index is 2.63. The molecule has 1 unspecified atom stereocenters. The van der Waals surface area contributed by atoms with Crippen molar-refractivity contribution in [1.29, 1.82) is 0 Å². The van der Waals surface area contributed by atoms with Gasteiger partial charge in [0.15, 0.2) is 0 Å². The van der Waals surface area contributed by atoms with Crippen LogP contribution in [0.1, 0.15) is 38.7 Å². The van der Waals surface area contributed by atoms with Crippen molar-refractivity contribution in [2.24, 2.45) is 11.7 Å². The molecule has 0 saturated heterocycles. The highest BCUT2D eigenvalue weighted by molar-refractivity contribution is 5.86. The Morgan fingerprint density at radius 1 is 1.23 bits per heavy atom. The Morgan fingerprint density at radius 3 is 2.55 bits per heavy atom. The van der Waals surface area contributed by atoms with Crippen molar-refractivity contribution in [1.82, 2.24) is 0 Å². The highest BCUT2D eigenvalue weighted by Gasteiger charge is 2.23. The van der Waals surface area contributed by atoms with Crippen molar-refractivity contribution in [3.63, 3.8) is 0 Å². The van der Waals surface area contributed by atoms with E-state index in [1.54, 1.807) is 0 Å². The molecule has 2 rings (SSSR count). The lowest BCUT2D eigenvalue weighted by Crippen LogP contribution is -2.13. The highest BCUT2D eigenvalue weighted by atomic mass is 14.5. The molecule has 0 saturated carbocycles. The molecule has 1 heteroatoms. The molecule has 1 nitrogen and oxygen atoms in total. The molecule has 0 fully saturated rings. The van der Waals surface area contributed by atoms with Crippen molar-refractivity contribution in [2.45, 2.75) is 33.1 Å². The molecule has 0 amide bonds. The molecule has 0 heterocycles. The van der Waals surface area contributed by atoms with Crippen LogP contribution in [-0.4, -0.2) is 6.54 Å². The van der Waals surface area contributed by atoms with Gasteiger partial charge in [-0.15, -0.1) is 0 Å². The monoisotopic (exact) mass is 293 g/mol. The smallest absolute Gasteiger partial charge is 0.00717 e. The van der Waals surface area contributed by atoms with E-state index < -0.39 is 0 Å². The van der Waals surface area contributed by atoms with Gasteiger partial charge in [-0.25, -0.2) is 0 Å². The van der Waals surface area contributed by atoms with Crippen LogP contribution in [0.25, 0.3) is 5.57 Å². The molecule has 1 aliphatic rings. The molecule has 1 atom stereocenters. The van der Waals surface area contributed by atoms with E-state index in [1.165, 1.54) is 27.9 Å². The highest BCUT2D eigenvalue weighted by Crippen LogP contribution is 2.41. The van der Waals surface area contributed by atoms with Gasteiger partial charge in [-0.1, -0.05) is 67.6 Å². The maximum atomic E-state index is 5.80. The number of nitrogens with two attached hydrogens (primary N) is 1. The van der Waals surface area contributed by atoms with Crippen LogP contribution in [0.15, 0.2) is 71.9 Å². The summed E-state index contributed by atoms with van der Waals surface area (Å²) in [6.07, 6.45) is 9.61. The predicted molar refractivity (Wildman–Crippen MR) is 97.5 cm³/mol. The standard InChI is InChI=1S/C21H27N/c1-4-9-17-12-13-20(16(3)14-15-22)21(19(17)5-2)18-10-7-6-8-11-18/h4-11,16H,2,12-15,22H2,1,3H3/b9-4-. The lowest BCUT2D eigenvalue weighted by molar-refractivity contribution is 0.595. The number of hydrogen-bond acceptors (Lipinski definition) is 1. The Labute approximate surface area is 134 Å². The Hall–Kier alpha value is -1.86. The predicted octanol–water partition coefficient (Wildman–Crippen LogP) is 5.28. The minimum Gasteiger partial charge on any atom is -0.330 e. The molecule has 0 bridgehead atoms. The fourth-order valence-electron chi connectivity index (χ4n) is 3.33. The summed E-state index contributed by atoms with van der Waals surface area (Å²) in [6.45, 7) is 9.19. The summed E-state index contributed by atoms with van der Waals surface area (Å²) in [7, 11) is 0. The minimum atomic E-state index is 0.516. The average molecular weight is 293 g/mol. The zero-order chi connectivity index (χ0) is 15.9. The molecular weight excluding hydrogens is 266 g/mol. The van der Waals surface area contributed by atoms with E-state index in [9.17, 15) is 0 Å². The van der Waals surface area contributed by atoms with Crippen LogP contribution in [0.5, 0.6) is 0 Å². The van der Waals surface area contributed by atoms with Crippen molar-refractivity contribution in [3.05, 3.63) is 77.4 Å². The fourth-order valence-corrected chi connectivity index (χ4v) is 3.33. The number of hydrogen-bond donors (Lipinski definition) is 1. The second kappa shape index (κ2) is 7.95. The molecule has 22 heavy (non-hydrogen) atoms. The lowest BCUT2D eigenvalue weighted by Gasteiger charge is -2.28. The lowest BCUT2D eigenvalue weighted by atomic mass is 9.77. The van der Waals surface area contributed by atoms with Gasteiger partial charge in [0.05, 0.1) is 0 Å². The first kappa shape index (κ1) is 16.5. The Morgan fingerprint density at radius 2 is 1.95 bits per heavy atom. The van der Waals surface area contributed by atoms with Gasteiger partial charge in [0.25, 0.3) is 0 Å². The maximum absolute atomic E-state index is 5.80. The first-order valence-corrected chi connectivity index (χ1v) is 8.20. The van der Waals surface area contributed by atoms with E-state index >= 15 is 0 Å². The molecule has 1 aromatic carbocycles. The zero-order valence-electron chi connectivity index (χ0n) is 13.8. The van der Waals surface area contributed by atoms with Crippen LogP contribution in [0.3, 0.4) is 0 Å². The first-order valence-electron chi connectivity index (χ1n) is 8.20. The Bertz CT molecular complexity index is 602. The van der Waals surface area contributed by atoms with Crippen molar-refractivity contribution in [2.75, 3.05) is 6.54 Å². The summed E-state index contributed by atoms with van der Waals surface area (Å²) < 4.78 is 0. The van der Waals surface area contributed by atoms with Gasteiger partial charge in [0, 0.05) is 0 Å². The normalized spacial score (nSPS) is 17.2. The third kappa shape index (κ3) is 3.48. The number of benzene rings is 1. The topological polar surface area (TPSA) is 26.0 Å².